The summed E-state index contributed by atoms with van der Waals surface area (Å²) in [4.78, 5) is 23.2. The summed E-state index contributed by atoms with van der Waals surface area (Å²) in [6.07, 6.45) is 3.78. The molecule has 1 saturated heterocycles. The standard InChI is InChI=1S/C28H33N7O2/c1-18-26(34-17-21(36)15-24(34)19-8-6-5-7-9-19)30-12-13-35(18)33-25(29-4)16-31-20-10-11-22-23(14-20)32-27(37)28(22,2)3/h5-14,18,21,24,31,36H,4,15-17H2,1-3H3,(H,32,37)/b33-25-/t18?,21-,24+/m1/s1. The fourth-order valence-electron chi connectivity index (χ4n) is 5.17. The number of amides is 1. The predicted molar refractivity (Wildman–Crippen MR) is 148 cm³/mol. The molecule has 0 bridgehead atoms. The summed E-state index contributed by atoms with van der Waals surface area (Å²) in [5.74, 6) is 1.37. The van der Waals surface area contributed by atoms with Gasteiger partial charge in [-0.3, -0.25) is 9.80 Å². The van der Waals surface area contributed by atoms with E-state index in [1.807, 2.05) is 68.4 Å². The van der Waals surface area contributed by atoms with Crippen LogP contribution in [0.2, 0.25) is 0 Å². The number of amidine groups is 2. The van der Waals surface area contributed by atoms with Crippen LogP contribution in [0.3, 0.4) is 0 Å². The molecule has 0 saturated carbocycles. The van der Waals surface area contributed by atoms with Gasteiger partial charge in [0.05, 0.1) is 24.1 Å². The van der Waals surface area contributed by atoms with Crippen LogP contribution in [0.15, 0.2) is 76.0 Å². The second kappa shape index (κ2) is 9.82. The number of fused-ring (bicyclic) bond motifs is 1. The smallest absolute Gasteiger partial charge is 0.234 e. The zero-order chi connectivity index (χ0) is 26.2. The number of aliphatic imine (C=N–C) groups is 2. The molecule has 9 heteroatoms. The summed E-state index contributed by atoms with van der Waals surface area (Å²) < 4.78 is 0. The minimum Gasteiger partial charge on any atom is -0.391 e. The van der Waals surface area contributed by atoms with E-state index in [2.05, 4.69) is 44.4 Å². The van der Waals surface area contributed by atoms with Crippen LogP contribution in [-0.2, 0) is 10.2 Å². The Bertz CT molecular complexity index is 1280. The minimum atomic E-state index is -0.538. The summed E-state index contributed by atoms with van der Waals surface area (Å²) >= 11 is 0. The summed E-state index contributed by atoms with van der Waals surface area (Å²) in [5.41, 5.74) is 3.28. The Hall–Kier alpha value is -3.98. The highest BCUT2D eigenvalue weighted by Crippen LogP contribution is 2.38. The van der Waals surface area contributed by atoms with E-state index in [9.17, 15) is 9.90 Å². The number of β-amino-alcohol motifs (C(OH)–C–C–N with tert-alkyl or cyclic N) is 1. The summed E-state index contributed by atoms with van der Waals surface area (Å²) in [7, 11) is 0. The van der Waals surface area contributed by atoms with Gasteiger partial charge >= 0.3 is 0 Å². The number of nitrogens with one attached hydrogen (secondary N) is 2. The van der Waals surface area contributed by atoms with E-state index in [1.54, 1.807) is 6.20 Å². The van der Waals surface area contributed by atoms with Gasteiger partial charge in [0, 0.05) is 30.3 Å². The first kappa shape index (κ1) is 24.7. The molecular weight excluding hydrogens is 466 g/mol. The molecule has 2 aromatic rings. The number of nitrogens with zero attached hydrogens (tertiary/aromatic N) is 5. The third-order valence-corrected chi connectivity index (χ3v) is 7.33. The number of aliphatic hydroxyl groups is 1. The van der Waals surface area contributed by atoms with Crippen molar-refractivity contribution in [3.05, 3.63) is 72.1 Å². The summed E-state index contributed by atoms with van der Waals surface area (Å²) in [6, 6.07) is 16.0. The van der Waals surface area contributed by atoms with E-state index in [0.717, 1.165) is 28.3 Å². The van der Waals surface area contributed by atoms with Gasteiger partial charge < -0.3 is 20.6 Å². The van der Waals surface area contributed by atoms with Crippen molar-refractivity contribution in [3.63, 3.8) is 0 Å². The first-order valence-electron chi connectivity index (χ1n) is 12.5. The number of anilines is 2. The molecule has 3 aliphatic rings. The van der Waals surface area contributed by atoms with Crippen molar-refractivity contribution < 1.29 is 9.90 Å². The number of aliphatic hydroxyl groups excluding tert-OH is 1. The van der Waals surface area contributed by atoms with Gasteiger partial charge in [0.2, 0.25) is 5.91 Å². The van der Waals surface area contributed by atoms with Gasteiger partial charge in [-0.1, -0.05) is 36.4 Å². The monoisotopic (exact) mass is 499 g/mol. The number of carbonyl (C=O) groups is 1. The topological polar surface area (TPSA) is 105 Å². The van der Waals surface area contributed by atoms with Crippen molar-refractivity contribution in [2.24, 2.45) is 15.1 Å². The number of hydrogen-bond donors (Lipinski definition) is 3. The minimum absolute atomic E-state index is 0.00183. The Kier molecular flexibility index (Phi) is 6.55. The fraction of sp³-hybridized carbons (Fsp3) is 0.357. The number of hydrazone groups is 1. The maximum atomic E-state index is 12.3. The molecule has 2 aromatic carbocycles. The molecule has 3 N–H and O–H groups in total. The maximum Gasteiger partial charge on any atom is 0.234 e. The summed E-state index contributed by atoms with van der Waals surface area (Å²) in [5, 5.41) is 23.3. The molecule has 1 unspecified atom stereocenters. The van der Waals surface area contributed by atoms with Crippen LogP contribution in [0.5, 0.6) is 0 Å². The fourth-order valence-corrected chi connectivity index (χ4v) is 5.17. The molecule has 0 radical (unpaired) electrons. The van der Waals surface area contributed by atoms with E-state index in [4.69, 9.17) is 5.10 Å². The van der Waals surface area contributed by atoms with Crippen LogP contribution in [0.25, 0.3) is 0 Å². The quantitative estimate of drug-likeness (QED) is 0.430. The van der Waals surface area contributed by atoms with Gasteiger partial charge in [-0.05, 0) is 57.2 Å². The lowest BCUT2D eigenvalue weighted by Gasteiger charge is -2.35. The second-order valence-electron chi connectivity index (χ2n) is 10.2. The molecule has 3 atom stereocenters. The van der Waals surface area contributed by atoms with Gasteiger partial charge in [0.15, 0.2) is 5.84 Å². The number of rotatable bonds is 5. The van der Waals surface area contributed by atoms with E-state index in [0.29, 0.717) is 25.3 Å². The highest BCUT2D eigenvalue weighted by Gasteiger charge is 2.39. The van der Waals surface area contributed by atoms with E-state index in [-0.39, 0.29) is 18.0 Å². The van der Waals surface area contributed by atoms with Crippen molar-refractivity contribution in [2.45, 2.75) is 50.8 Å². The molecule has 1 amide bonds. The average molecular weight is 500 g/mol. The molecule has 3 heterocycles. The van der Waals surface area contributed by atoms with E-state index in [1.165, 1.54) is 0 Å². The molecule has 192 valence electrons. The van der Waals surface area contributed by atoms with E-state index >= 15 is 0 Å². The van der Waals surface area contributed by atoms with E-state index < -0.39 is 11.5 Å². The van der Waals surface area contributed by atoms with Crippen LogP contribution in [0.4, 0.5) is 11.4 Å². The summed E-state index contributed by atoms with van der Waals surface area (Å²) in [6.45, 7) is 10.5. The highest BCUT2D eigenvalue weighted by molar-refractivity contribution is 6.06. The molecule has 0 aliphatic carbocycles. The van der Waals surface area contributed by atoms with Gasteiger partial charge in [-0.2, -0.15) is 5.10 Å². The SMILES string of the molecule is C=N/C(CNc1ccc2c(c1)NC(=O)C2(C)C)=N\N1C=CN=C(N2C[C@H](O)C[C@H]2c2ccccc2)C1C. The molecule has 37 heavy (non-hydrogen) atoms. The predicted octanol–water partition coefficient (Wildman–Crippen LogP) is 3.72. The van der Waals surface area contributed by atoms with Crippen molar-refractivity contribution >= 4 is 35.7 Å². The first-order chi connectivity index (χ1) is 17.8. The Labute approximate surface area is 217 Å². The molecule has 5 rings (SSSR count). The van der Waals surface area contributed by atoms with Crippen LogP contribution in [-0.4, -0.2) is 64.5 Å². The van der Waals surface area contributed by atoms with Crippen LogP contribution in [0, 0.1) is 0 Å². The zero-order valence-corrected chi connectivity index (χ0v) is 21.4. The normalized spacial score (nSPS) is 24.5. The highest BCUT2D eigenvalue weighted by atomic mass is 16.3. The molecule has 0 aromatic heterocycles. The van der Waals surface area contributed by atoms with Crippen LogP contribution >= 0.6 is 0 Å². The van der Waals surface area contributed by atoms with Crippen molar-refractivity contribution in [1.82, 2.24) is 9.91 Å². The second-order valence-corrected chi connectivity index (χ2v) is 10.2. The molecule has 1 fully saturated rings. The third kappa shape index (κ3) is 4.74. The number of likely N-dealkylation sites (tertiary alicyclic amines) is 1. The van der Waals surface area contributed by atoms with Crippen LogP contribution < -0.4 is 10.6 Å². The number of benzene rings is 2. The van der Waals surface area contributed by atoms with Gasteiger partial charge in [0.1, 0.15) is 11.9 Å². The molecule has 9 nitrogen and oxygen atoms in total. The van der Waals surface area contributed by atoms with Crippen molar-refractivity contribution in [2.75, 3.05) is 23.7 Å². The zero-order valence-electron chi connectivity index (χ0n) is 21.4. The van der Waals surface area contributed by atoms with Gasteiger partial charge in [0.25, 0.3) is 0 Å². The Morgan fingerprint density at radius 1 is 1.27 bits per heavy atom. The number of carbonyl (C=O) groups excluding carboxylic acids is 1. The molecule has 3 aliphatic heterocycles. The largest absolute Gasteiger partial charge is 0.391 e. The van der Waals surface area contributed by atoms with Gasteiger partial charge in [-0.15, -0.1) is 0 Å². The van der Waals surface area contributed by atoms with Crippen molar-refractivity contribution in [3.8, 4) is 0 Å². The Balaban J connectivity index is 1.29. The Morgan fingerprint density at radius 3 is 2.81 bits per heavy atom. The van der Waals surface area contributed by atoms with Gasteiger partial charge in [-0.25, -0.2) is 9.98 Å². The lowest BCUT2D eigenvalue weighted by Crippen LogP contribution is -2.45. The maximum absolute atomic E-state index is 12.3. The third-order valence-electron chi connectivity index (χ3n) is 7.33. The first-order valence-corrected chi connectivity index (χ1v) is 12.5. The van der Waals surface area contributed by atoms with Crippen LogP contribution in [0.1, 0.15) is 44.4 Å². The molecule has 0 spiro atoms. The average Bonchev–Trinajstić information content (AvgIpc) is 3.39. The molecular formula is C28H33N7O2. The number of hydrogen-bond acceptors (Lipinski definition) is 7. The lowest BCUT2D eigenvalue weighted by molar-refractivity contribution is -0.119. The lowest BCUT2D eigenvalue weighted by atomic mass is 9.86. The Morgan fingerprint density at radius 2 is 2.05 bits per heavy atom. The van der Waals surface area contributed by atoms with Crippen molar-refractivity contribution in [1.29, 1.82) is 0 Å².